The Morgan fingerprint density at radius 1 is 1.20 bits per heavy atom. The number of hydrogen-bond acceptors (Lipinski definition) is 4. The third-order valence-corrected chi connectivity index (χ3v) is 9.84. The molecule has 6 nitrogen and oxygen atoms in total. The summed E-state index contributed by atoms with van der Waals surface area (Å²) in [6, 6.07) is 6.59. The second-order valence-electron chi connectivity index (χ2n) is 11.9. The van der Waals surface area contributed by atoms with E-state index in [9.17, 15) is 4.79 Å². The summed E-state index contributed by atoms with van der Waals surface area (Å²) in [6.45, 7) is 10.2. The Morgan fingerprint density at radius 3 is 2.65 bits per heavy atom. The first kappa shape index (κ1) is 30.5. The van der Waals surface area contributed by atoms with Gasteiger partial charge in [-0.3, -0.25) is 0 Å². The molecule has 2 aliphatic rings. The van der Waals surface area contributed by atoms with Gasteiger partial charge in [-0.15, -0.1) is 37.0 Å². The SMILES string of the molecule is Cc1cc(P)c(NC(=O)N2CC[C@@H](CC(C)(P)P)C2)cc1-c1cc(N2CCSCC2)c2nc(CC(C)P)cn2c1. The second kappa shape index (κ2) is 12.7. The summed E-state index contributed by atoms with van der Waals surface area (Å²) in [4.78, 5) is 22.9. The van der Waals surface area contributed by atoms with E-state index in [2.05, 4.69) is 103 Å². The normalized spacial score (nSPS) is 18.9. The lowest BCUT2D eigenvalue weighted by molar-refractivity contribution is 0.220. The van der Waals surface area contributed by atoms with Gasteiger partial charge >= 0.3 is 6.03 Å². The number of urea groups is 1. The van der Waals surface area contributed by atoms with E-state index in [0.29, 0.717) is 11.6 Å². The van der Waals surface area contributed by atoms with Crippen LogP contribution in [0.1, 0.15) is 37.9 Å². The number of nitrogens with zero attached hydrogens (tertiary/aromatic N) is 4. The molecular weight excluding hydrogens is 590 g/mol. The zero-order valence-electron chi connectivity index (χ0n) is 23.8. The predicted octanol–water partition coefficient (Wildman–Crippen LogP) is 5.88. The molecule has 2 amide bonds. The van der Waals surface area contributed by atoms with Crippen LogP contribution in [0.2, 0.25) is 0 Å². The molecule has 5 unspecified atom stereocenters. The van der Waals surface area contributed by atoms with Crippen LogP contribution in [0.15, 0.2) is 30.6 Å². The van der Waals surface area contributed by atoms with E-state index < -0.39 is 0 Å². The first-order chi connectivity index (χ1) is 19.0. The number of fused-ring (bicyclic) bond motifs is 1. The fourth-order valence-electron chi connectivity index (χ4n) is 5.89. The summed E-state index contributed by atoms with van der Waals surface area (Å²) in [5, 5.41) is 4.24. The van der Waals surface area contributed by atoms with Crippen molar-refractivity contribution < 1.29 is 4.79 Å². The number of aryl methyl sites for hydroxylation is 1. The van der Waals surface area contributed by atoms with Gasteiger partial charge in [0.1, 0.15) is 0 Å². The number of rotatable bonds is 7. The highest BCUT2D eigenvalue weighted by molar-refractivity contribution is 7.99. The van der Waals surface area contributed by atoms with E-state index >= 15 is 0 Å². The zero-order valence-corrected chi connectivity index (χ0v) is 29.3. The largest absolute Gasteiger partial charge is 0.367 e. The molecule has 2 saturated heterocycles. The van der Waals surface area contributed by atoms with Crippen LogP contribution in [0.25, 0.3) is 16.8 Å². The van der Waals surface area contributed by atoms with Gasteiger partial charge < -0.3 is 19.5 Å². The Bertz CT molecular complexity index is 1380. The minimum absolute atomic E-state index is 0.0111. The van der Waals surface area contributed by atoms with Crippen molar-refractivity contribution in [1.29, 1.82) is 0 Å². The van der Waals surface area contributed by atoms with Crippen molar-refractivity contribution in [2.24, 2.45) is 5.92 Å². The van der Waals surface area contributed by atoms with Crippen LogP contribution in [0.4, 0.5) is 16.2 Å². The minimum atomic E-state index is -0.0111. The summed E-state index contributed by atoms with van der Waals surface area (Å²) in [7, 11) is 11.5. The van der Waals surface area contributed by atoms with Crippen molar-refractivity contribution in [1.82, 2.24) is 14.3 Å². The lowest BCUT2D eigenvalue weighted by Crippen LogP contribution is -2.34. The summed E-state index contributed by atoms with van der Waals surface area (Å²) in [6.07, 6.45) is 7.44. The molecule has 0 radical (unpaired) electrons. The smallest absolute Gasteiger partial charge is 0.321 e. The molecule has 1 N–H and O–H groups in total. The molecule has 0 bridgehead atoms. The molecular formula is C29H43N5OP4S. The van der Waals surface area contributed by atoms with Crippen molar-refractivity contribution in [2.45, 2.75) is 50.6 Å². The fourth-order valence-corrected chi connectivity index (χ4v) is 8.11. The van der Waals surface area contributed by atoms with Gasteiger partial charge in [-0.1, -0.05) is 13.8 Å². The van der Waals surface area contributed by atoms with Gasteiger partial charge in [-0.25, -0.2) is 9.78 Å². The molecule has 2 aliphatic heterocycles. The third-order valence-electron chi connectivity index (χ3n) is 7.72. The van der Waals surface area contributed by atoms with Gasteiger partial charge in [0.15, 0.2) is 5.65 Å². The van der Waals surface area contributed by atoms with E-state index in [1.807, 2.05) is 16.7 Å². The van der Waals surface area contributed by atoms with Gasteiger partial charge in [0.2, 0.25) is 0 Å². The van der Waals surface area contributed by atoms with Gasteiger partial charge in [0.05, 0.1) is 17.1 Å². The molecule has 216 valence electrons. The van der Waals surface area contributed by atoms with Crippen molar-refractivity contribution in [3.63, 3.8) is 0 Å². The van der Waals surface area contributed by atoms with E-state index in [0.717, 1.165) is 90.4 Å². The van der Waals surface area contributed by atoms with E-state index in [1.54, 1.807) is 0 Å². The summed E-state index contributed by atoms with van der Waals surface area (Å²) in [5.74, 6) is 2.80. The average Bonchev–Trinajstić information content (AvgIpc) is 3.50. The van der Waals surface area contributed by atoms with E-state index in [4.69, 9.17) is 4.98 Å². The second-order valence-corrected chi connectivity index (χ2v) is 18.1. The van der Waals surface area contributed by atoms with Gasteiger partial charge in [0.25, 0.3) is 0 Å². The number of anilines is 2. The minimum Gasteiger partial charge on any atom is -0.367 e. The molecule has 11 heteroatoms. The molecule has 3 aromatic rings. The molecule has 0 spiro atoms. The van der Waals surface area contributed by atoms with Crippen LogP contribution in [0.3, 0.4) is 0 Å². The highest BCUT2D eigenvalue weighted by Gasteiger charge is 2.30. The molecule has 2 fully saturated rings. The van der Waals surface area contributed by atoms with Crippen LogP contribution < -0.4 is 15.5 Å². The molecule has 6 atom stereocenters. The number of nitrogens with one attached hydrogen (secondary N) is 1. The number of imidazole rings is 1. The Hall–Kier alpha value is -0.950. The maximum Gasteiger partial charge on any atom is 0.321 e. The number of aromatic nitrogens is 2. The first-order valence-corrected chi connectivity index (χ1v) is 17.7. The standard InChI is InChI=1S/C29H43N5OP4S/c1-18-10-26(37)24(31-28(35)33-5-4-20(15-33)14-29(3,38)39)13-23(18)21-12-25(32-6-8-40-9-7-32)27-30-22(11-19(2)36)17-34(27)16-21/h10,12-13,16-17,19-20H,4-9,11,14-15,36-39H2,1-3H3,(H,31,35)/t19?,20-/m0/s1. The number of carbonyl (C=O) groups is 1. The number of thioether (sulfide) groups is 1. The van der Waals surface area contributed by atoms with Crippen LogP contribution in [0.5, 0.6) is 0 Å². The monoisotopic (exact) mass is 633 g/mol. The third kappa shape index (κ3) is 7.33. The zero-order chi connectivity index (χ0) is 28.6. The van der Waals surface area contributed by atoms with Gasteiger partial charge in [0, 0.05) is 55.6 Å². The highest BCUT2D eigenvalue weighted by Crippen LogP contribution is 2.37. The van der Waals surface area contributed by atoms with Crippen LogP contribution in [-0.2, 0) is 6.42 Å². The van der Waals surface area contributed by atoms with Crippen LogP contribution in [-0.4, -0.2) is 68.6 Å². The summed E-state index contributed by atoms with van der Waals surface area (Å²) < 4.78 is 2.21. The van der Waals surface area contributed by atoms with Crippen molar-refractivity contribution in [2.75, 3.05) is 47.9 Å². The van der Waals surface area contributed by atoms with Crippen molar-refractivity contribution in [3.8, 4) is 11.1 Å². The van der Waals surface area contributed by atoms with Gasteiger partial charge in [-0.2, -0.15) is 11.8 Å². The topological polar surface area (TPSA) is 52.9 Å². The number of pyridine rings is 1. The molecule has 5 rings (SSSR count). The fraction of sp³-hybridized carbons (Fsp3) is 0.517. The Labute approximate surface area is 252 Å². The predicted molar refractivity (Wildman–Crippen MR) is 188 cm³/mol. The molecule has 4 heterocycles. The Balaban J connectivity index is 1.46. The lowest BCUT2D eigenvalue weighted by atomic mass is 10.0. The van der Waals surface area contributed by atoms with Crippen LogP contribution >= 0.6 is 48.7 Å². The number of hydrogen-bond donors (Lipinski definition) is 1. The molecule has 0 aliphatic carbocycles. The molecule has 40 heavy (non-hydrogen) atoms. The molecule has 1 aromatic carbocycles. The average molecular weight is 634 g/mol. The number of likely N-dealkylation sites (tertiary alicyclic amines) is 1. The highest BCUT2D eigenvalue weighted by atomic mass is 32.2. The quantitative estimate of drug-likeness (QED) is 0.331. The molecule has 2 aromatic heterocycles. The number of carbonyl (C=O) groups excluding carboxylic acids is 1. The maximum atomic E-state index is 13.3. The molecule has 0 saturated carbocycles. The van der Waals surface area contributed by atoms with Crippen molar-refractivity contribution >= 4 is 77.1 Å². The summed E-state index contributed by atoms with van der Waals surface area (Å²) in [5.41, 5.74) is 8.11. The number of amides is 2. The van der Waals surface area contributed by atoms with Crippen molar-refractivity contribution in [3.05, 3.63) is 41.9 Å². The Morgan fingerprint density at radius 2 is 1.95 bits per heavy atom. The first-order valence-electron chi connectivity index (χ1n) is 14.1. The van der Waals surface area contributed by atoms with E-state index in [-0.39, 0.29) is 10.9 Å². The van der Waals surface area contributed by atoms with Gasteiger partial charge in [-0.05, 0) is 77.3 Å². The summed E-state index contributed by atoms with van der Waals surface area (Å²) >= 11 is 2.02. The maximum absolute atomic E-state index is 13.3. The van der Waals surface area contributed by atoms with E-state index in [1.165, 1.54) is 11.3 Å². The number of benzene rings is 1. The van der Waals surface area contributed by atoms with Crippen LogP contribution in [0, 0.1) is 12.8 Å². The lowest BCUT2D eigenvalue weighted by Gasteiger charge is -2.29. The Kier molecular flexibility index (Phi) is 9.71.